The Kier molecular flexibility index (Phi) is 29.7. The summed E-state index contributed by atoms with van der Waals surface area (Å²) in [5.41, 5.74) is 0. The van der Waals surface area contributed by atoms with E-state index in [9.17, 15) is 9.59 Å². The first kappa shape index (κ1) is 41.4. The van der Waals surface area contributed by atoms with Crippen LogP contribution in [0.15, 0.2) is 24.3 Å². The Bertz CT molecular complexity index is 679. The lowest BCUT2D eigenvalue weighted by Gasteiger charge is -2.13. The van der Waals surface area contributed by atoms with Gasteiger partial charge in [-0.3, -0.25) is 9.59 Å². The second-order valence-electron chi connectivity index (χ2n) is 13.5. The van der Waals surface area contributed by atoms with E-state index >= 15 is 0 Å². The molecule has 262 valence electrons. The molecule has 2 amide bonds. The lowest BCUT2D eigenvalue weighted by molar-refractivity contribution is -0.117. The van der Waals surface area contributed by atoms with E-state index in [1.807, 2.05) is 12.2 Å². The minimum atomic E-state index is -0.00598. The van der Waals surface area contributed by atoms with Gasteiger partial charge in [-0.1, -0.05) is 141 Å². The van der Waals surface area contributed by atoms with Gasteiger partial charge in [0, 0.05) is 25.3 Å². The third-order valence-corrected chi connectivity index (χ3v) is 9.22. The first-order valence-corrected chi connectivity index (χ1v) is 19.3. The second kappa shape index (κ2) is 32.3. The fourth-order valence-electron chi connectivity index (χ4n) is 6.41. The van der Waals surface area contributed by atoms with Gasteiger partial charge in [0.25, 0.3) is 0 Å². The van der Waals surface area contributed by atoms with Crippen molar-refractivity contribution < 1.29 is 19.8 Å². The highest BCUT2D eigenvalue weighted by molar-refractivity contribution is 5.88. The molecule has 1 saturated carbocycles. The second-order valence-corrected chi connectivity index (χ2v) is 13.5. The highest BCUT2D eigenvalue weighted by Gasteiger charge is 2.26. The summed E-state index contributed by atoms with van der Waals surface area (Å²) in [5.74, 6) is -0.0120. The number of nitrogens with one attached hydrogen (secondary N) is 2. The van der Waals surface area contributed by atoms with E-state index < -0.39 is 0 Å². The molecule has 0 aromatic rings. The van der Waals surface area contributed by atoms with Crippen molar-refractivity contribution in [3.63, 3.8) is 0 Å². The number of carbonyl (C=O) groups is 2. The molecule has 0 radical (unpaired) electrons. The summed E-state index contributed by atoms with van der Waals surface area (Å²) in [6.07, 6.45) is 42.1. The number of allylic oxidation sites excluding steroid dienone is 2. The summed E-state index contributed by atoms with van der Waals surface area (Å²) in [6.45, 7) is 0.669. The van der Waals surface area contributed by atoms with Crippen molar-refractivity contribution in [2.45, 2.75) is 198 Å². The monoisotopic (exact) mass is 633 g/mol. The summed E-state index contributed by atoms with van der Waals surface area (Å²) in [7, 11) is 0. The maximum atomic E-state index is 12.3. The molecule has 0 saturated heterocycles. The Morgan fingerprint density at radius 2 is 0.711 bits per heavy atom. The zero-order valence-corrected chi connectivity index (χ0v) is 29.1. The maximum absolute atomic E-state index is 12.3. The van der Waals surface area contributed by atoms with Crippen LogP contribution < -0.4 is 10.6 Å². The van der Waals surface area contributed by atoms with Crippen LogP contribution in [0.5, 0.6) is 0 Å². The van der Waals surface area contributed by atoms with E-state index in [0.29, 0.717) is 13.2 Å². The number of unbranched alkanes of at least 4 members (excludes halogenated alkanes) is 24. The fourth-order valence-corrected chi connectivity index (χ4v) is 6.41. The zero-order chi connectivity index (χ0) is 32.5. The van der Waals surface area contributed by atoms with E-state index in [0.717, 1.165) is 57.8 Å². The molecule has 45 heavy (non-hydrogen) atoms. The van der Waals surface area contributed by atoms with Gasteiger partial charge in [-0.15, -0.1) is 0 Å². The van der Waals surface area contributed by atoms with Crippen LogP contribution >= 0.6 is 0 Å². The molecule has 4 N–H and O–H groups in total. The Balaban J connectivity index is 1.91. The van der Waals surface area contributed by atoms with Crippen LogP contribution in [-0.4, -0.2) is 47.3 Å². The fraction of sp³-hybridized carbons (Fsp3) is 0.846. The molecule has 0 bridgehead atoms. The molecule has 0 aromatic carbocycles. The van der Waals surface area contributed by atoms with Gasteiger partial charge in [0.1, 0.15) is 0 Å². The molecule has 6 heteroatoms. The van der Waals surface area contributed by atoms with E-state index in [1.165, 1.54) is 128 Å². The number of aliphatic hydroxyl groups is 2. The van der Waals surface area contributed by atoms with Gasteiger partial charge in [-0.2, -0.15) is 0 Å². The summed E-state index contributed by atoms with van der Waals surface area (Å²) in [6, 6.07) is 0.294. The standard InChI is InChI=1S/C39H72N2O4/c42-33-27-23-19-15-11-7-3-1-5-9-13-17-21-25-29-38(44)40-36-31-32-37(35-36)41-39(45)30-26-22-18-14-10-6-2-4-8-12-16-20-24-28-34-43/h25-26,29-30,36-37,42-43H,1-24,27-28,31-35H2,(H,40,44)(H,41,45)/t36-,37+. The van der Waals surface area contributed by atoms with E-state index in [1.54, 1.807) is 12.2 Å². The van der Waals surface area contributed by atoms with Crippen LogP contribution in [0.4, 0.5) is 0 Å². The van der Waals surface area contributed by atoms with Gasteiger partial charge in [0.05, 0.1) is 0 Å². The van der Waals surface area contributed by atoms with Crippen LogP contribution in [0, 0.1) is 0 Å². The minimum Gasteiger partial charge on any atom is -0.396 e. The first-order chi connectivity index (χ1) is 22.2. The average Bonchev–Trinajstić information content (AvgIpc) is 3.47. The molecular formula is C39H72N2O4. The van der Waals surface area contributed by atoms with Crippen molar-refractivity contribution in [1.82, 2.24) is 10.6 Å². The Hall–Kier alpha value is -1.66. The molecule has 6 nitrogen and oxygen atoms in total. The highest BCUT2D eigenvalue weighted by Crippen LogP contribution is 2.19. The van der Waals surface area contributed by atoms with Crippen molar-refractivity contribution in [1.29, 1.82) is 0 Å². The van der Waals surface area contributed by atoms with Gasteiger partial charge >= 0.3 is 0 Å². The van der Waals surface area contributed by atoms with Crippen LogP contribution in [0.2, 0.25) is 0 Å². The van der Waals surface area contributed by atoms with Crippen LogP contribution in [-0.2, 0) is 9.59 Å². The third kappa shape index (κ3) is 28.3. The molecule has 1 aliphatic rings. The molecule has 1 aliphatic carbocycles. The van der Waals surface area contributed by atoms with Crippen LogP contribution in [0.25, 0.3) is 0 Å². The number of hydrogen-bond acceptors (Lipinski definition) is 4. The summed E-state index contributed by atoms with van der Waals surface area (Å²) in [4.78, 5) is 24.6. The molecule has 1 rings (SSSR count). The number of carbonyl (C=O) groups excluding carboxylic acids is 2. The maximum Gasteiger partial charge on any atom is 0.243 e. The molecule has 0 spiro atoms. The molecule has 0 aliphatic heterocycles. The molecule has 0 heterocycles. The van der Waals surface area contributed by atoms with Crippen molar-refractivity contribution in [3.8, 4) is 0 Å². The topological polar surface area (TPSA) is 98.7 Å². The Morgan fingerprint density at radius 1 is 0.444 bits per heavy atom. The Labute approximate surface area is 277 Å². The SMILES string of the molecule is O=C(C=CCCCCCCCCCCCCCCO)N[C@@H]1CC[C@H](NC(=O)C=CCCCCCCCCCCCCCCO)C1. The minimum absolute atomic E-state index is 0.00598. The van der Waals surface area contributed by atoms with E-state index in [4.69, 9.17) is 10.2 Å². The van der Waals surface area contributed by atoms with E-state index in [-0.39, 0.29) is 23.9 Å². The zero-order valence-electron chi connectivity index (χ0n) is 29.1. The summed E-state index contributed by atoms with van der Waals surface area (Å²) in [5, 5.41) is 23.8. The number of amides is 2. The number of aliphatic hydroxyl groups excluding tert-OH is 2. The summed E-state index contributed by atoms with van der Waals surface area (Å²) >= 11 is 0. The first-order valence-electron chi connectivity index (χ1n) is 19.3. The summed E-state index contributed by atoms with van der Waals surface area (Å²) < 4.78 is 0. The number of hydrogen-bond donors (Lipinski definition) is 4. The average molecular weight is 633 g/mol. The van der Waals surface area contributed by atoms with Crippen molar-refractivity contribution >= 4 is 11.8 Å². The quantitative estimate of drug-likeness (QED) is 0.0439. The smallest absolute Gasteiger partial charge is 0.243 e. The third-order valence-electron chi connectivity index (χ3n) is 9.22. The van der Waals surface area contributed by atoms with Gasteiger partial charge in [0.2, 0.25) is 11.8 Å². The van der Waals surface area contributed by atoms with Crippen molar-refractivity contribution in [2.75, 3.05) is 13.2 Å². The lowest BCUT2D eigenvalue weighted by atomic mass is 10.0. The van der Waals surface area contributed by atoms with Crippen molar-refractivity contribution in [3.05, 3.63) is 24.3 Å². The van der Waals surface area contributed by atoms with Crippen LogP contribution in [0.3, 0.4) is 0 Å². The Morgan fingerprint density at radius 3 is 1.00 bits per heavy atom. The van der Waals surface area contributed by atoms with Gasteiger partial charge in [-0.05, 0) is 69.9 Å². The molecular weight excluding hydrogens is 560 g/mol. The molecule has 1 fully saturated rings. The van der Waals surface area contributed by atoms with Gasteiger partial charge in [0.15, 0.2) is 0 Å². The lowest BCUT2D eigenvalue weighted by Crippen LogP contribution is -2.36. The predicted octanol–water partition coefficient (Wildman–Crippen LogP) is 9.38. The largest absolute Gasteiger partial charge is 0.396 e. The molecule has 0 unspecified atom stereocenters. The van der Waals surface area contributed by atoms with Gasteiger partial charge < -0.3 is 20.8 Å². The molecule has 2 atom stereocenters. The normalized spacial score (nSPS) is 16.7. The predicted molar refractivity (Wildman–Crippen MR) is 190 cm³/mol. The van der Waals surface area contributed by atoms with Gasteiger partial charge in [-0.25, -0.2) is 0 Å². The van der Waals surface area contributed by atoms with Crippen LogP contribution in [0.1, 0.15) is 186 Å². The molecule has 0 aromatic heterocycles. The van der Waals surface area contributed by atoms with Crippen molar-refractivity contribution in [2.24, 2.45) is 0 Å². The van der Waals surface area contributed by atoms with E-state index in [2.05, 4.69) is 10.6 Å². The number of rotatable bonds is 32. The highest BCUT2D eigenvalue weighted by atomic mass is 16.3.